The van der Waals surface area contributed by atoms with Crippen LogP contribution in [0.4, 0.5) is 5.69 Å². The SMILES string of the molecule is Cc1sc2ncnc(Sc3ccc([N+](=O)[O-])cc3C#N)c2c1C. The first-order valence-electron chi connectivity index (χ1n) is 6.58. The summed E-state index contributed by atoms with van der Waals surface area (Å²) in [5.41, 5.74) is 1.29. The summed E-state index contributed by atoms with van der Waals surface area (Å²) in [4.78, 5) is 21.6. The fourth-order valence-corrected chi connectivity index (χ4v) is 4.21. The first-order valence-corrected chi connectivity index (χ1v) is 8.21. The highest BCUT2D eigenvalue weighted by Gasteiger charge is 2.16. The van der Waals surface area contributed by atoms with E-state index in [0.717, 1.165) is 20.8 Å². The molecule has 0 saturated carbocycles. The topological polar surface area (TPSA) is 92.7 Å². The number of non-ortho nitro benzene ring substituents is 1. The molecule has 0 aliphatic heterocycles. The minimum atomic E-state index is -0.509. The number of hydrogen-bond donors (Lipinski definition) is 0. The molecule has 114 valence electrons. The lowest BCUT2D eigenvalue weighted by Gasteiger charge is -2.05. The third kappa shape index (κ3) is 2.76. The van der Waals surface area contributed by atoms with E-state index in [9.17, 15) is 15.4 Å². The molecule has 0 amide bonds. The average Bonchev–Trinajstić information content (AvgIpc) is 2.83. The maximum atomic E-state index is 10.8. The van der Waals surface area contributed by atoms with Crippen LogP contribution in [0.1, 0.15) is 16.0 Å². The zero-order valence-electron chi connectivity index (χ0n) is 12.2. The van der Waals surface area contributed by atoms with Crippen molar-refractivity contribution in [2.45, 2.75) is 23.8 Å². The molecule has 3 rings (SSSR count). The highest BCUT2D eigenvalue weighted by molar-refractivity contribution is 7.99. The Morgan fingerprint density at radius 1 is 1.35 bits per heavy atom. The molecule has 0 fully saturated rings. The number of nitriles is 1. The Labute approximate surface area is 140 Å². The quantitative estimate of drug-likeness (QED) is 0.401. The second kappa shape index (κ2) is 5.95. The smallest absolute Gasteiger partial charge is 0.258 e. The summed E-state index contributed by atoms with van der Waals surface area (Å²) < 4.78 is 0. The summed E-state index contributed by atoms with van der Waals surface area (Å²) in [5.74, 6) is 0. The number of nitro benzene ring substituents is 1. The molecule has 23 heavy (non-hydrogen) atoms. The van der Waals surface area contributed by atoms with E-state index in [0.29, 0.717) is 4.90 Å². The molecule has 0 saturated heterocycles. The summed E-state index contributed by atoms with van der Waals surface area (Å²) in [5, 5.41) is 21.8. The second-order valence-electron chi connectivity index (χ2n) is 4.79. The first-order chi connectivity index (χ1) is 11.0. The number of thiophene rings is 1. The summed E-state index contributed by atoms with van der Waals surface area (Å²) >= 11 is 2.93. The van der Waals surface area contributed by atoms with Gasteiger partial charge < -0.3 is 0 Å². The van der Waals surface area contributed by atoms with E-state index < -0.39 is 4.92 Å². The van der Waals surface area contributed by atoms with Gasteiger partial charge in [-0.25, -0.2) is 9.97 Å². The van der Waals surface area contributed by atoms with E-state index in [-0.39, 0.29) is 11.3 Å². The highest BCUT2D eigenvalue weighted by atomic mass is 32.2. The van der Waals surface area contributed by atoms with E-state index in [1.807, 2.05) is 19.9 Å². The zero-order chi connectivity index (χ0) is 16.6. The third-order valence-corrected chi connectivity index (χ3v) is 5.63. The van der Waals surface area contributed by atoms with Crippen molar-refractivity contribution < 1.29 is 4.92 Å². The molecule has 1 aromatic carbocycles. The van der Waals surface area contributed by atoms with Gasteiger partial charge in [-0.3, -0.25) is 10.1 Å². The van der Waals surface area contributed by atoms with Gasteiger partial charge in [-0.1, -0.05) is 11.8 Å². The minimum Gasteiger partial charge on any atom is -0.258 e. The van der Waals surface area contributed by atoms with Crippen LogP contribution in [0.5, 0.6) is 0 Å². The normalized spacial score (nSPS) is 10.7. The van der Waals surface area contributed by atoms with Gasteiger partial charge in [0.05, 0.1) is 10.5 Å². The molecule has 0 aliphatic carbocycles. The van der Waals surface area contributed by atoms with Crippen molar-refractivity contribution in [3.8, 4) is 6.07 Å². The predicted octanol–water partition coefficient (Wildman–Crippen LogP) is 4.24. The Morgan fingerprint density at radius 3 is 2.83 bits per heavy atom. The van der Waals surface area contributed by atoms with Gasteiger partial charge in [0.1, 0.15) is 22.3 Å². The standard InChI is InChI=1S/C15H10N4O2S2/c1-8-9(2)22-14-13(8)15(18-7-17-14)23-12-4-3-11(19(20)21)5-10(12)6-16/h3-5,7H,1-2H3. The van der Waals surface area contributed by atoms with Crippen molar-refractivity contribution >= 4 is 39.0 Å². The molecule has 0 N–H and O–H groups in total. The van der Waals surface area contributed by atoms with Crippen LogP contribution in [0.3, 0.4) is 0 Å². The van der Waals surface area contributed by atoms with Crippen molar-refractivity contribution in [3.63, 3.8) is 0 Å². The fourth-order valence-electron chi connectivity index (χ4n) is 2.14. The Bertz CT molecular complexity index is 976. The van der Waals surface area contributed by atoms with Crippen LogP contribution >= 0.6 is 23.1 Å². The van der Waals surface area contributed by atoms with Gasteiger partial charge in [0, 0.05) is 27.3 Å². The van der Waals surface area contributed by atoms with Crippen LogP contribution in [0.25, 0.3) is 10.2 Å². The molecular weight excluding hydrogens is 332 g/mol. The summed E-state index contributed by atoms with van der Waals surface area (Å²) in [6.45, 7) is 4.05. The van der Waals surface area contributed by atoms with E-state index in [1.165, 1.54) is 35.1 Å². The van der Waals surface area contributed by atoms with Gasteiger partial charge in [-0.2, -0.15) is 5.26 Å². The van der Waals surface area contributed by atoms with Gasteiger partial charge in [-0.15, -0.1) is 11.3 Å². The number of fused-ring (bicyclic) bond motifs is 1. The Hall–Kier alpha value is -2.50. The molecule has 0 unspecified atom stereocenters. The Balaban J connectivity index is 2.10. The lowest BCUT2D eigenvalue weighted by Crippen LogP contribution is -1.91. The average molecular weight is 342 g/mol. The van der Waals surface area contributed by atoms with Gasteiger partial charge in [0.2, 0.25) is 0 Å². The molecular formula is C15H10N4O2S2. The molecule has 0 radical (unpaired) electrons. The number of hydrogen-bond acceptors (Lipinski definition) is 7. The number of rotatable bonds is 3. The largest absolute Gasteiger partial charge is 0.270 e. The van der Waals surface area contributed by atoms with Gasteiger partial charge in [0.15, 0.2) is 0 Å². The molecule has 0 aliphatic rings. The number of nitro groups is 1. The second-order valence-corrected chi connectivity index (χ2v) is 7.03. The van der Waals surface area contributed by atoms with Crippen LogP contribution < -0.4 is 0 Å². The van der Waals surface area contributed by atoms with Crippen molar-refractivity contribution in [1.82, 2.24) is 9.97 Å². The number of nitrogens with zero attached hydrogens (tertiary/aromatic N) is 4. The van der Waals surface area contributed by atoms with E-state index >= 15 is 0 Å². The van der Waals surface area contributed by atoms with E-state index in [1.54, 1.807) is 17.4 Å². The van der Waals surface area contributed by atoms with E-state index in [2.05, 4.69) is 9.97 Å². The van der Waals surface area contributed by atoms with Crippen molar-refractivity contribution in [2.24, 2.45) is 0 Å². The zero-order valence-corrected chi connectivity index (χ0v) is 13.9. The van der Waals surface area contributed by atoms with Crippen LogP contribution in [0.15, 0.2) is 34.4 Å². The molecule has 0 spiro atoms. The Morgan fingerprint density at radius 2 is 2.13 bits per heavy atom. The lowest BCUT2D eigenvalue weighted by atomic mass is 10.2. The first kappa shape index (κ1) is 15.4. The molecule has 3 aromatic rings. The predicted molar refractivity (Wildman–Crippen MR) is 88.8 cm³/mol. The Kier molecular flexibility index (Phi) is 3.98. The maximum Gasteiger partial charge on any atom is 0.270 e. The summed E-state index contributed by atoms with van der Waals surface area (Å²) in [6, 6.07) is 6.28. The third-order valence-electron chi connectivity index (χ3n) is 3.43. The number of benzene rings is 1. The van der Waals surface area contributed by atoms with Gasteiger partial charge in [0.25, 0.3) is 5.69 Å². The maximum absolute atomic E-state index is 10.8. The number of aryl methyl sites for hydroxylation is 2. The number of aromatic nitrogens is 2. The molecule has 8 heteroatoms. The molecule has 0 atom stereocenters. The minimum absolute atomic E-state index is 0.0960. The molecule has 2 heterocycles. The van der Waals surface area contributed by atoms with Gasteiger partial charge in [-0.05, 0) is 25.5 Å². The van der Waals surface area contributed by atoms with Crippen molar-refractivity contribution in [2.75, 3.05) is 0 Å². The van der Waals surface area contributed by atoms with Crippen molar-refractivity contribution in [3.05, 3.63) is 50.6 Å². The van der Waals surface area contributed by atoms with Crippen LogP contribution in [-0.2, 0) is 0 Å². The van der Waals surface area contributed by atoms with Crippen LogP contribution in [0.2, 0.25) is 0 Å². The fraction of sp³-hybridized carbons (Fsp3) is 0.133. The van der Waals surface area contributed by atoms with Gasteiger partial charge >= 0.3 is 0 Å². The summed E-state index contributed by atoms with van der Waals surface area (Å²) in [7, 11) is 0. The highest BCUT2D eigenvalue weighted by Crippen LogP contribution is 2.38. The lowest BCUT2D eigenvalue weighted by molar-refractivity contribution is -0.384. The van der Waals surface area contributed by atoms with Crippen LogP contribution in [0, 0.1) is 35.3 Å². The molecule has 2 aromatic heterocycles. The van der Waals surface area contributed by atoms with E-state index in [4.69, 9.17) is 0 Å². The summed E-state index contributed by atoms with van der Waals surface area (Å²) in [6.07, 6.45) is 1.50. The monoisotopic (exact) mass is 342 g/mol. The van der Waals surface area contributed by atoms with Crippen LogP contribution in [-0.4, -0.2) is 14.9 Å². The molecule has 0 bridgehead atoms. The van der Waals surface area contributed by atoms with Crippen molar-refractivity contribution in [1.29, 1.82) is 5.26 Å². The molecule has 6 nitrogen and oxygen atoms in total.